The smallest absolute Gasteiger partial charge is 0.119 e. The van der Waals surface area contributed by atoms with Crippen molar-refractivity contribution in [1.29, 1.82) is 0 Å². The number of hydrogen-bond acceptors (Lipinski definition) is 2. The van der Waals surface area contributed by atoms with Crippen LogP contribution in [-0.2, 0) is 6.42 Å². The summed E-state index contributed by atoms with van der Waals surface area (Å²) in [4.78, 5) is 0.579. The summed E-state index contributed by atoms with van der Waals surface area (Å²) >= 11 is 4.92. The van der Waals surface area contributed by atoms with Crippen molar-refractivity contribution in [3.05, 3.63) is 28.8 Å². The van der Waals surface area contributed by atoms with Gasteiger partial charge in [0.15, 0.2) is 0 Å². The maximum atomic E-state index is 5.65. The van der Waals surface area contributed by atoms with Gasteiger partial charge in [-0.05, 0) is 55.5 Å². The zero-order valence-electron chi connectivity index (χ0n) is 10.9. The fourth-order valence-corrected chi connectivity index (χ4v) is 2.00. The Morgan fingerprint density at radius 3 is 2.35 bits per heavy atom. The van der Waals surface area contributed by atoms with Gasteiger partial charge < -0.3 is 10.5 Å². The quantitative estimate of drug-likeness (QED) is 0.788. The van der Waals surface area contributed by atoms with Crippen molar-refractivity contribution in [2.75, 3.05) is 6.61 Å². The lowest BCUT2D eigenvalue weighted by Crippen LogP contribution is -2.09. The SMILES string of the molecule is CCCOc1cc(C)c(CCC(N)=S)c(C)c1. The van der Waals surface area contributed by atoms with Gasteiger partial charge in [-0.2, -0.15) is 0 Å². The van der Waals surface area contributed by atoms with E-state index >= 15 is 0 Å². The van der Waals surface area contributed by atoms with Crippen molar-refractivity contribution < 1.29 is 4.74 Å². The molecule has 0 unspecified atom stereocenters. The Bertz CT molecular complexity index is 378. The Balaban J connectivity index is 2.82. The second-order valence-corrected chi connectivity index (χ2v) is 4.87. The van der Waals surface area contributed by atoms with E-state index in [0.29, 0.717) is 4.99 Å². The van der Waals surface area contributed by atoms with Gasteiger partial charge in [-0.25, -0.2) is 0 Å². The van der Waals surface area contributed by atoms with E-state index < -0.39 is 0 Å². The first-order chi connectivity index (χ1) is 8.04. The van der Waals surface area contributed by atoms with Gasteiger partial charge in [-0.1, -0.05) is 19.1 Å². The normalized spacial score (nSPS) is 10.3. The molecule has 0 saturated carbocycles. The summed E-state index contributed by atoms with van der Waals surface area (Å²) in [6.07, 6.45) is 2.72. The van der Waals surface area contributed by atoms with E-state index in [4.69, 9.17) is 22.7 Å². The summed E-state index contributed by atoms with van der Waals surface area (Å²) in [7, 11) is 0. The lowest BCUT2D eigenvalue weighted by molar-refractivity contribution is 0.317. The molecule has 0 radical (unpaired) electrons. The standard InChI is InChI=1S/C14H21NOS/c1-4-7-16-12-8-10(2)13(11(3)9-12)5-6-14(15)17/h8-9H,4-7H2,1-3H3,(H2,15,17). The zero-order valence-corrected chi connectivity index (χ0v) is 11.7. The highest BCUT2D eigenvalue weighted by Crippen LogP contribution is 2.23. The minimum Gasteiger partial charge on any atom is -0.494 e. The summed E-state index contributed by atoms with van der Waals surface area (Å²) in [6.45, 7) is 7.10. The van der Waals surface area contributed by atoms with Gasteiger partial charge in [0.25, 0.3) is 0 Å². The van der Waals surface area contributed by atoms with Crippen molar-refractivity contribution in [2.45, 2.75) is 40.0 Å². The van der Waals surface area contributed by atoms with Gasteiger partial charge in [-0.15, -0.1) is 0 Å². The second-order valence-electron chi connectivity index (χ2n) is 4.35. The van der Waals surface area contributed by atoms with E-state index in [1.165, 1.54) is 16.7 Å². The maximum absolute atomic E-state index is 5.65. The van der Waals surface area contributed by atoms with Crippen LogP contribution in [-0.4, -0.2) is 11.6 Å². The molecule has 0 aliphatic heterocycles. The van der Waals surface area contributed by atoms with Gasteiger partial charge >= 0.3 is 0 Å². The van der Waals surface area contributed by atoms with Crippen LogP contribution in [0.3, 0.4) is 0 Å². The molecule has 1 rings (SSSR count). The third-order valence-corrected chi connectivity index (χ3v) is 2.97. The maximum Gasteiger partial charge on any atom is 0.119 e. The molecule has 0 atom stereocenters. The first-order valence-electron chi connectivity index (χ1n) is 6.05. The van der Waals surface area contributed by atoms with Gasteiger partial charge in [0.1, 0.15) is 5.75 Å². The number of rotatable bonds is 6. The molecule has 2 N–H and O–H groups in total. The lowest BCUT2D eigenvalue weighted by atomic mass is 9.98. The molecular weight excluding hydrogens is 230 g/mol. The molecule has 2 nitrogen and oxygen atoms in total. The third-order valence-electron chi connectivity index (χ3n) is 2.76. The van der Waals surface area contributed by atoms with Crippen LogP contribution in [0.15, 0.2) is 12.1 Å². The van der Waals surface area contributed by atoms with Gasteiger partial charge in [-0.3, -0.25) is 0 Å². The Labute approximate surface area is 109 Å². The number of ether oxygens (including phenoxy) is 1. The van der Waals surface area contributed by atoms with Crippen LogP contribution in [0, 0.1) is 13.8 Å². The van der Waals surface area contributed by atoms with E-state index in [-0.39, 0.29) is 0 Å². The van der Waals surface area contributed by atoms with Gasteiger partial charge in [0, 0.05) is 6.42 Å². The van der Waals surface area contributed by atoms with Crippen molar-refractivity contribution in [2.24, 2.45) is 5.73 Å². The molecule has 0 aliphatic rings. The summed E-state index contributed by atoms with van der Waals surface area (Å²) in [5, 5.41) is 0. The van der Waals surface area contributed by atoms with Crippen molar-refractivity contribution in [1.82, 2.24) is 0 Å². The highest BCUT2D eigenvalue weighted by molar-refractivity contribution is 7.80. The predicted molar refractivity (Wildman–Crippen MR) is 76.8 cm³/mol. The topological polar surface area (TPSA) is 35.2 Å². The van der Waals surface area contributed by atoms with Crippen LogP contribution in [0.5, 0.6) is 5.75 Å². The van der Waals surface area contributed by atoms with Crippen molar-refractivity contribution in [3.8, 4) is 5.75 Å². The van der Waals surface area contributed by atoms with Gasteiger partial charge in [0.05, 0.1) is 11.6 Å². The molecule has 0 saturated heterocycles. The fraction of sp³-hybridized carbons (Fsp3) is 0.500. The predicted octanol–water partition coefficient (Wildman–Crippen LogP) is 3.31. The highest BCUT2D eigenvalue weighted by Gasteiger charge is 2.06. The molecule has 0 aromatic heterocycles. The van der Waals surface area contributed by atoms with Crippen LogP contribution in [0.25, 0.3) is 0 Å². The van der Waals surface area contributed by atoms with Crippen molar-refractivity contribution in [3.63, 3.8) is 0 Å². The zero-order chi connectivity index (χ0) is 12.8. The molecule has 3 heteroatoms. The summed E-state index contributed by atoms with van der Waals surface area (Å²) in [5.74, 6) is 0.959. The van der Waals surface area contributed by atoms with Crippen LogP contribution < -0.4 is 10.5 Å². The van der Waals surface area contributed by atoms with Crippen LogP contribution >= 0.6 is 12.2 Å². The van der Waals surface area contributed by atoms with Crippen LogP contribution in [0.1, 0.15) is 36.5 Å². The lowest BCUT2D eigenvalue weighted by Gasteiger charge is -2.13. The molecule has 0 spiro atoms. The molecule has 17 heavy (non-hydrogen) atoms. The molecule has 94 valence electrons. The Hall–Kier alpha value is -1.09. The van der Waals surface area contributed by atoms with Gasteiger partial charge in [0.2, 0.25) is 0 Å². The molecule has 1 aromatic rings. The molecule has 0 heterocycles. The van der Waals surface area contributed by atoms with E-state index in [1.807, 2.05) is 0 Å². The molecule has 0 amide bonds. The summed E-state index contributed by atoms with van der Waals surface area (Å²) in [5.41, 5.74) is 9.39. The van der Waals surface area contributed by atoms with Crippen molar-refractivity contribution >= 4 is 17.2 Å². The number of hydrogen-bond donors (Lipinski definition) is 1. The van der Waals surface area contributed by atoms with E-state index in [2.05, 4.69) is 32.9 Å². The van der Waals surface area contributed by atoms with Crippen LogP contribution in [0.2, 0.25) is 0 Å². The average molecular weight is 251 g/mol. The minimum absolute atomic E-state index is 0.579. The Morgan fingerprint density at radius 2 is 1.88 bits per heavy atom. The molecule has 0 bridgehead atoms. The monoisotopic (exact) mass is 251 g/mol. The Kier molecular flexibility index (Phi) is 5.42. The molecular formula is C14H21NOS. The first kappa shape index (κ1) is 14.0. The number of nitrogens with two attached hydrogens (primary N) is 1. The van der Waals surface area contributed by atoms with E-state index in [1.54, 1.807) is 0 Å². The van der Waals surface area contributed by atoms with E-state index in [9.17, 15) is 0 Å². The third kappa shape index (κ3) is 4.35. The summed E-state index contributed by atoms with van der Waals surface area (Å²) < 4.78 is 5.65. The number of aryl methyl sites for hydroxylation is 2. The minimum atomic E-state index is 0.579. The number of thiocarbonyl (C=S) groups is 1. The average Bonchev–Trinajstić information content (AvgIpc) is 2.24. The Morgan fingerprint density at radius 1 is 1.29 bits per heavy atom. The highest BCUT2D eigenvalue weighted by atomic mass is 32.1. The first-order valence-corrected chi connectivity index (χ1v) is 6.46. The molecule has 1 aromatic carbocycles. The van der Waals surface area contributed by atoms with Crippen LogP contribution in [0.4, 0.5) is 0 Å². The number of benzene rings is 1. The van der Waals surface area contributed by atoms with E-state index in [0.717, 1.165) is 31.6 Å². The molecule has 0 aliphatic carbocycles. The summed E-state index contributed by atoms with van der Waals surface area (Å²) in [6, 6.07) is 4.19. The molecule has 0 fully saturated rings. The fourth-order valence-electron chi connectivity index (χ4n) is 1.90. The second kappa shape index (κ2) is 6.60. The largest absolute Gasteiger partial charge is 0.494 e.